The van der Waals surface area contributed by atoms with Gasteiger partial charge in [0.25, 0.3) is 5.91 Å². The van der Waals surface area contributed by atoms with E-state index in [0.29, 0.717) is 29.1 Å². The van der Waals surface area contributed by atoms with Gasteiger partial charge in [-0.25, -0.2) is 9.97 Å². The largest absolute Gasteiger partial charge is 0.352 e. The number of halogens is 1. The van der Waals surface area contributed by atoms with Crippen molar-refractivity contribution in [2.75, 3.05) is 6.54 Å². The molecule has 2 aromatic heterocycles. The van der Waals surface area contributed by atoms with Crippen LogP contribution in [-0.2, 0) is 6.54 Å². The van der Waals surface area contributed by atoms with Gasteiger partial charge in [-0.05, 0) is 31.0 Å². The molecular weight excluding hydrogens is 364 g/mol. The predicted molar refractivity (Wildman–Crippen MR) is 104 cm³/mol. The predicted octanol–water partition coefficient (Wildman–Crippen LogP) is 3.62. The Kier molecular flexibility index (Phi) is 6.33. The van der Waals surface area contributed by atoms with E-state index in [0.717, 1.165) is 30.6 Å². The van der Waals surface area contributed by atoms with E-state index in [-0.39, 0.29) is 5.91 Å². The molecule has 138 valence electrons. The third-order valence-corrected chi connectivity index (χ3v) is 4.34. The van der Waals surface area contributed by atoms with E-state index in [9.17, 15) is 9.59 Å². The summed E-state index contributed by atoms with van der Waals surface area (Å²) in [7, 11) is 0. The maximum absolute atomic E-state index is 12.1. The molecule has 0 radical (unpaired) electrons. The highest BCUT2D eigenvalue weighted by Crippen LogP contribution is 2.17. The molecule has 7 heteroatoms. The third kappa shape index (κ3) is 5.01. The highest BCUT2D eigenvalue weighted by molar-refractivity contribution is 6.29. The quantitative estimate of drug-likeness (QED) is 0.366. The molecule has 1 aromatic carbocycles. The van der Waals surface area contributed by atoms with Gasteiger partial charge in [-0.3, -0.25) is 9.59 Å². The molecule has 0 spiro atoms. The number of carbonyl (C=O) groups excluding carboxylic acids is 2. The first-order chi connectivity index (χ1) is 13.2. The van der Waals surface area contributed by atoms with E-state index in [2.05, 4.69) is 15.3 Å². The Bertz CT molecular complexity index is 922. The van der Waals surface area contributed by atoms with Crippen LogP contribution in [-0.4, -0.2) is 33.3 Å². The molecule has 1 N–H and O–H groups in total. The number of unbranched alkanes of at least 4 members (excludes halogenated alkanes) is 1. The van der Waals surface area contributed by atoms with Crippen LogP contribution in [0, 0.1) is 0 Å². The average Bonchev–Trinajstić information content (AvgIpc) is 3.17. The molecular formula is C20H19ClN4O2. The van der Waals surface area contributed by atoms with Crippen molar-refractivity contribution >= 4 is 23.8 Å². The smallest absolute Gasteiger partial charge is 0.252 e. The van der Waals surface area contributed by atoms with E-state index < -0.39 is 0 Å². The molecule has 0 saturated heterocycles. The van der Waals surface area contributed by atoms with Gasteiger partial charge in [0.15, 0.2) is 6.29 Å². The lowest BCUT2D eigenvalue weighted by molar-refractivity contribution is 0.0947. The zero-order valence-corrected chi connectivity index (χ0v) is 15.4. The first-order valence-electron chi connectivity index (χ1n) is 8.63. The molecule has 6 nitrogen and oxygen atoms in total. The number of aryl methyl sites for hydroxylation is 1. The van der Waals surface area contributed by atoms with Crippen LogP contribution >= 0.6 is 11.6 Å². The Morgan fingerprint density at radius 1 is 1.15 bits per heavy atom. The fourth-order valence-electron chi connectivity index (χ4n) is 2.68. The molecule has 0 bridgehead atoms. The van der Waals surface area contributed by atoms with Gasteiger partial charge in [0.2, 0.25) is 0 Å². The molecule has 2 heterocycles. The van der Waals surface area contributed by atoms with E-state index in [1.807, 2.05) is 16.8 Å². The SMILES string of the molecule is O=Cc1ccccc1C(=O)NCCCCn1cnc(-c2ccc(Cl)nc2)c1. The lowest BCUT2D eigenvalue weighted by Gasteiger charge is -2.07. The van der Waals surface area contributed by atoms with Crippen LogP contribution < -0.4 is 5.32 Å². The fourth-order valence-corrected chi connectivity index (χ4v) is 2.79. The van der Waals surface area contributed by atoms with Crippen molar-refractivity contribution in [2.24, 2.45) is 0 Å². The summed E-state index contributed by atoms with van der Waals surface area (Å²) in [6.07, 6.45) is 7.85. The summed E-state index contributed by atoms with van der Waals surface area (Å²) in [4.78, 5) is 31.6. The van der Waals surface area contributed by atoms with Gasteiger partial charge in [-0.15, -0.1) is 0 Å². The number of nitrogens with zero attached hydrogens (tertiary/aromatic N) is 3. The van der Waals surface area contributed by atoms with Gasteiger partial charge in [-0.1, -0.05) is 29.8 Å². The molecule has 0 atom stereocenters. The fraction of sp³-hybridized carbons (Fsp3) is 0.200. The highest BCUT2D eigenvalue weighted by atomic mass is 35.5. The van der Waals surface area contributed by atoms with Gasteiger partial charge in [0.05, 0.1) is 12.0 Å². The molecule has 27 heavy (non-hydrogen) atoms. The number of nitrogens with one attached hydrogen (secondary N) is 1. The minimum Gasteiger partial charge on any atom is -0.352 e. The number of imidazole rings is 1. The number of pyridine rings is 1. The summed E-state index contributed by atoms with van der Waals surface area (Å²) in [5, 5.41) is 3.31. The second-order valence-corrected chi connectivity index (χ2v) is 6.42. The number of carbonyl (C=O) groups is 2. The van der Waals surface area contributed by atoms with E-state index in [4.69, 9.17) is 11.6 Å². The monoisotopic (exact) mass is 382 g/mol. The molecule has 3 rings (SSSR count). The van der Waals surface area contributed by atoms with E-state index in [1.54, 1.807) is 42.9 Å². The molecule has 0 unspecified atom stereocenters. The Morgan fingerprint density at radius 2 is 2.00 bits per heavy atom. The summed E-state index contributed by atoms with van der Waals surface area (Å²) in [6.45, 7) is 1.35. The van der Waals surface area contributed by atoms with Crippen molar-refractivity contribution in [1.29, 1.82) is 0 Å². The summed E-state index contributed by atoms with van der Waals surface area (Å²) < 4.78 is 2.01. The lowest BCUT2D eigenvalue weighted by Crippen LogP contribution is -2.25. The third-order valence-electron chi connectivity index (χ3n) is 4.12. The first kappa shape index (κ1) is 18.8. The Morgan fingerprint density at radius 3 is 2.78 bits per heavy atom. The Hall–Kier alpha value is -2.99. The van der Waals surface area contributed by atoms with Crippen LogP contribution in [0.2, 0.25) is 5.15 Å². The minimum atomic E-state index is -0.224. The first-order valence-corrected chi connectivity index (χ1v) is 9.01. The number of benzene rings is 1. The van der Waals surface area contributed by atoms with Crippen LogP contribution in [0.4, 0.5) is 0 Å². The van der Waals surface area contributed by atoms with Crippen molar-refractivity contribution in [3.05, 3.63) is 71.4 Å². The van der Waals surface area contributed by atoms with Gasteiger partial charge in [0, 0.05) is 42.2 Å². The van der Waals surface area contributed by atoms with Crippen LogP contribution in [0.5, 0.6) is 0 Å². The molecule has 1 amide bonds. The second-order valence-electron chi connectivity index (χ2n) is 6.03. The lowest BCUT2D eigenvalue weighted by atomic mass is 10.1. The van der Waals surface area contributed by atoms with Crippen LogP contribution in [0.1, 0.15) is 33.6 Å². The van der Waals surface area contributed by atoms with Crippen LogP contribution in [0.3, 0.4) is 0 Å². The van der Waals surface area contributed by atoms with Crippen molar-refractivity contribution in [2.45, 2.75) is 19.4 Å². The number of rotatable bonds is 8. The summed E-state index contributed by atoms with van der Waals surface area (Å²) >= 11 is 5.80. The number of hydrogen-bond donors (Lipinski definition) is 1. The summed E-state index contributed by atoms with van der Waals surface area (Å²) in [5.41, 5.74) is 2.57. The molecule has 0 aliphatic carbocycles. The normalized spacial score (nSPS) is 10.6. The molecule has 0 fully saturated rings. The van der Waals surface area contributed by atoms with Gasteiger partial charge in [-0.2, -0.15) is 0 Å². The minimum absolute atomic E-state index is 0.224. The number of hydrogen-bond acceptors (Lipinski definition) is 4. The highest BCUT2D eigenvalue weighted by Gasteiger charge is 2.09. The van der Waals surface area contributed by atoms with Crippen molar-refractivity contribution in [1.82, 2.24) is 19.9 Å². The molecule has 0 aliphatic rings. The molecule has 3 aromatic rings. The summed E-state index contributed by atoms with van der Waals surface area (Å²) in [6, 6.07) is 10.4. The summed E-state index contributed by atoms with van der Waals surface area (Å²) in [5.74, 6) is -0.224. The van der Waals surface area contributed by atoms with Crippen LogP contribution in [0.25, 0.3) is 11.3 Å². The van der Waals surface area contributed by atoms with Gasteiger partial charge >= 0.3 is 0 Å². The zero-order chi connectivity index (χ0) is 19.1. The number of aromatic nitrogens is 3. The van der Waals surface area contributed by atoms with Crippen molar-refractivity contribution < 1.29 is 9.59 Å². The molecule has 0 saturated carbocycles. The van der Waals surface area contributed by atoms with E-state index >= 15 is 0 Å². The zero-order valence-electron chi connectivity index (χ0n) is 14.6. The van der Waals surface area contributed by atoms with E-state index in [1.165, 1.54) is 0 Å². The van der Waals surface area contributed by atoms with Crippen LogP contribution in [0.15, 0.2) is 55.1 Å². The van der Waals surface area contributed by atoms with Gasteiger partial charge < -0.3 is 9.88 Å². The van der Waals surface area contributed by atoms with Crippen molar-refractivity contribution in [3.63, 3.8) is 0 Å². The molecule has 0 aliphatic heterocycles. The second kappa shape index (κ2) is 9.09. The standard InChI is InChI=1S/C20H19ClN4O2/c21-19-8-7-15(11-23-19)18-12-25(14-24-18)10-4-3-9-22-20(27)17-6-2-1-5-16(17)13-26/h1-2,5-8,11-14H,3-4,9-10H2,(H,22,27). The Labute approximate surface area is 162 Å². The van der Waals surface area contributed by atoms with Crippen molar-refractivity contribution in [3.8, 4) is 11.3 Å². The average molecular weight is 383 g/mol. The number of aldehydes is 1. The Balaban J connectivity index is 1.43. The topological polar surface area (TPSA) is 76.9 Å². The number of amides is 1. The van der Waals surface area contributed by atoms with Gasteiger partial charge in [0.1, 0.15) is 5.15 Å². The maximum Gasteiger partial charge on any atom is 0.252 e. The maximum atomic E-state index is 12.1.